The second kappa shape index (κ2) is 10.0. The third kappa shape index (κ3) is 3.92. The van der Waals surface area contributed by atoms with Gasteiger partial charge in [0.25, 0.3) is 0 Å². The molecule has 8 heteroatoms. The molecule has 0 radical (unpaired) electrons. The van der Waals surface area contributed by atoms with E-state index in [-0.39, 0.29) is 23.0 Å². The van der Waals surface area contributed by atoms with E-state index >= 15 is 4.79 Å². The van der Waals surface area contributed by atoms with Crippen LogP contribution in [-0.4, -0.2) is 50.9 Å². The molecule has 3 aliphatic heterocycles. The van der Waals surface area contributed by atoms with E-state index in [2.05, 4.69) is 11.4 Å². The monoisotopic (exact) mass is 580 g/mol. The van der Waals surface area contributed by atoms with Crippen molar-refractivity contribution >= 4 is 34.4 Å². The van der Waals surface area contributed by atoms with Crippen molar-refractivity contribution in [1.82, 2.24) is 0 Å². The van der Waals surface area contributed by atoms with E-state index in [1.54, 1.807) is 12.1 Å². The van der Waals surface area contributed by atoms with Crippen LogP contribution in [0.1, 0.15) is 49.2 Å². The van der Waals surface area contributed by atoms with Gasteiger partial charge in [-0.2, -0.15) is 0 Å². The van der Waals surface area contributed by atoms with Gasteiger partial charge in [-0.15, -0.1) is 0 Å². The van der Waals surface area contributed by atoms with Crippen LogP contribution in [0.3, 0.4) is 0 Å². The van der Waals surface area contributed by atoms with Gasteiger partial charge in [-0.25, -0.2) is 0 Å². The van der Waals surface area contributed by atoms with E-state index < -0.39 is 28.8 Å². The van der Waals surface area contributed by atoms with Crippen LogP contribution < -0.4 is 24.4 Å². The van der Waals surface area contributed by atoms with Crippen molar-refractivity contribution in [2.45, 2.75) is 45.2 Å². The zero-order chi connectivity index (χ0) is 30.8. The second-order valence-electron chi connectivity index (χ2n) is 12.4. The molecule has 1 N–H and O–H groups in total. The number of allylic oxidation sites excluding steroid dienone is 1. The molecule has 8 nitrogen and oxygen atoms in total. The molecule has 1 spiro atoms. The first-order valence-electron chi connectivity index (χ1n) is 14.4. The van der Waals surface area contributed by atoms with Crippen LogP contribution in [0.5, 0.6) is 17.2 Å². The molecule has 0 aromatic heterocycles. The lowest BCUT2D eigenvalue weighted by Crippen LogP contribution is -2.51. The second-order valence-corrected chi connectivity index (χ2v) is 12.4. The first-order valence-corrected chi connectivity index (χ1v) is 14.4. The Morgan fingerprint density at radius 3 is 2.16 bits per heavy atom. The molecule has 3 aromatic rings. The molecule has 3 aliphatic rings. The summed E-state index contributed by atoms with van der Waals surface area (Å²) in [5.41, 5.74) is 2.17. The third-order valence-corrected chi connectivity index (χ3v) is 9.12. The fourth-order valence-corrected chi connectivity index (χ4v) is 7.23. The molecule has 0 unspecified atom stereocenters. The molecule has 3 aromatic carbocycles. The summed E-state index contributed by atoms with van der Waals surface area (Å²) in [6.07, 6.45) is 2.05. The Labute approximate surface area is 251 Å². The average Bonchev–Trinajstić information content (AvgIpc) is 3.47. The topological polar surface area (TPSA) is 94.2 Å². The molecular formula is C35H36N2O6. The van der Waals surface area contributed by atoms with Gasteiger partial charge in [0.1, 0.15) is 11.5 Å². The fraction of sp³-hybridized carbons (Fsp3) is 0.343. The Morgan fingerprint density at radius 2 is 1.53 bits per heavy atom. The van der Waals surface area contributed by atoms with Crippen molar-refractivity contribution in [3.8, 4) is 17.2 Å². The Balaban J connectivity index is 1.70. The number of nitrogens with one attached hydrogen (secondary N) is 1. The smallest absolute Gasteiger partial charge is 0.238 e. The summed E-state index contributed by atoms with van der Waals surface area (Å²) < 4.78 is 16.7. The predicted octanol–water partition coefficient (Wildman–Crippen LogP) is 5.69. The Morgan fingerprint density at radius 1 is 0.907 bits per heavy atom. The summed E-state index contributed by atoms with van der Waals surface area (Å²) in [7, 11) is 4.47. The number of hydrogen-bond acceptors (Lipinski definition) is 7. The number of carbonyl (C=O) groups excluding carboxylic acids is 3. The van der Waals surface area contributed by atoms with Crippen LogP contribution in [0.15, 0.2) is 66.7 Å². The highest BCUT2D eigenvalue weighted by molar-refractivity contribution is 6.17. The summed E-state index contributed by atoms with van der Waals surface area (Å²) in [4.78, 5) is 46.4. The fourth-order valence-electron chi connectivity index (χ4n) is 7.23. The van der Waals surface area contributed by atoms with Crippen molar-refractivity contribution in [3.05, 3.63) is 83.4 Å². The summed E-state index contributed by atoms with van der Waals surface area (Å²) in [5, 5.41) is 3.07. The number of Topliss-reactive ketones (excluding diaryl/α,β-unsaturated/α-hetero) is 2. The van der Waals surface area contributed by atoms with Gasteiger partial charge in [0.2, 0.25) is 11.7 Å². The molecule has 6 rings (SSSR count). The van der Waals surface area contributed by atoms with E-state index in [1.807, 2.05) is 81.1 Å². The van der Waals surface area contributed by atoms with Crippen molar-refractivity contribution < 1.29 is 28.6 Å². The van der Waals surface area contributed by atoms with E-state index in [9.17, 15) is 9.59 Å². The van der Waals surface area contributed by atoms with E-state index in [1.165, 1.54) is 21.3 Å². The average molecular weight is 581 g/mol. The number of ketones is 2. The molecule has 1 fully saturated rings. The van der Waals surface area contributed by atoms with Crippen molar-refractivity contribution in [1.29, 1.82) is 0 Å². The van der Waals surface area contributed by atoms with E-state index in [0.29, 0.717) is 28.5 Å². The molecule has 1 saturated heterocycles. The normalized spacial score (nSPS) is 23.6. The lowest BCUT2D eigenvalue weighted by Gasteiger charge is -2.39. The van der Waals surface area contributed by atoms with Gasteiger partial charge in [-0.3, -0.25) is 14.4 Å². The Kier molecular flexibility index (Phi) is 6.64. The van der Waals surface area contributed by atoms with Crippen molar-refractivity contribution in [2.75, 3.05) is 31.5 Å². The van der Waals surface area contributed by atoms with Crippen molar-refractivity contribution in [2.24, 2.45) is 11.3 Å². The lowest BCUT2D eigenvalue weighted by molar-refractivity contribution is -0.128. The number of nitrogens with zero attached hydrogens (tertiary/aromatic N) is 1. The van der Waals surface area contributed by atoms with Crippen molar-refractivity contribution in [3.63, 3.8) is 0 Å². The maximum Gasteiger partial charge on any atom is 0.238 e. The number of rotatable bonds is 6. The maximum atomic E-state index is 15.1. The number of anilines is 2. The number of ether oxygens (including phenoxy) is 3. The number of benzene rings is 3. The molecule has 4 atom stereocenters. The van der Waals surface area contributed by atoms with Gasteiger partial charge in [-0.05, 0) is 42.3 Å². The van der Waals surface area contributed by atoms with Gasteiger partial charge >= 0.3 is 0 Å². The Bertz CT molecular complexity index is 1680. The highest BCUT2D eigenvalue weighted by Gasteiger charge is 2.71. The Hall–Kier alpha value is -4.59. The van der Waals surface area contributed by atoms with Crippen LogP contribution in [0, 0.1) is 11.3 Å². The van der Waals surface area contributed by atoms with Gasteiger partial charge in [-0.1, -0.05) is 63.2 Å². The lowest BCUT2D eigenvalue weighted by atomic mass is 9.63. The van der Waals surface area contributed by atoms with E-state index in [0.717, 1.165) is 16.8 Å². The molecule has 1 amide bonds. The number of para-hydroxylation sites is 2. The number of carbonyl (C=O) groups is 3. The molecule has 3 heterocycles. The van der Waals surface area contributed by atoms with Gasteiger partial charge in [0.15, 0.2) is 23.1 Å². The molecule has 43 heavy (non-hydrogen) atoms. The minimum atomic E-state index is -1.39. The summed E-state index contributed by atoms with van der Waals surface area (Å²) in [6, 6.07) is 17.0. The largest absolute Gasteiger partial charge is 0.493 e. The summed E-state index contributed by atoms with van der Waals surface area (Å²) >= 11 is 0. The number of fused-ring (bicyclic) bond motifs is 6. The highest BCUT2D eigenvalue weighted by Crippen LogP contribution is 2.59. The van der Waals surface area contributed by atoms with Gasteiger partial charge in [0, 0.05) is 27.9 Å². The van der Waals surface area contributed by atoms with Crippen LogP contribution in [0.2, 0.25) is 0 Å². The minimum Gasteiger partial charge on any atom is -0.493 e. The van der Waals surface area contributed by atoms with Crippen LogP contribution >= 0.6 is 0 Å². The molecular weight excluding hydrogens is 544 g/mol. The third-order valence-electron chi connectivity index (χ3n) is 9.12. The quantitative estimate of drug-likeness (QED) is 0.375. The predicted molar refractivity (Wildman–Crippen MR) is 165 cm³/mol. The number of amides is 1. The SMILES string of the molecule is COc1cc(C(=O)[C@@H]2[C@@H](C(=O)C(C)(C)C)N3c4ccccc4C(C)=C[C@@H]3[C@@]23C(=O)Nc2ccccc23)cc(OC)c1OC. The molecule has 0 bridgehead atoms. The van der Waals surface area contributed by atoms with E-state index in [4.69, 9.17) is 14.2 Å². The molecule has 222 valence electrons. The maximum absolute atomic E-state index is 15.1. The van der Waals surface area contributed by atoms with Crippen LogP contribution in [0.4, 0.5) is 11.4 Å². The number of methoxy groups -OCH3 is 3. The number of hydrogen-bond donors (Lipinski definition) is 1. The van der Waals surface area contributed by atoms with Gasteiger partial charge in [0.05, 0.1) is 33.3 Å². The highest BCUT2D eigenvalue weighted by atomic mass is 16.5. The molecule has 0 aliphatic carbocycles. The summed E-state index contributed by atoms with van der Waals surface area (Å²) in [6.45, 7) is 7.58. The standard InChI is InChI=1S/C35H36N2O6/c1-19-16-27-35(22-13-9-10-14-23(22)36-33(35)40)28(30(38)20-17-25(41-5)31(43-7)26(18-20)42-6)29(32(39)34(2,3)4)37(27)24-15-11-8-12-21(19)24/h8-18,27-29H,1-7H3,(H,36,40)/t27-,28+,29+,35-/m1/s1. The van der Waals surface area contributed by atoms with Crippen LogP contribution in [0.25, 0.3) is 5.57 Å². The van der Waals surface area contributed by atoms with Gasteiger partial charge < -0.3 is 24.4 Å². The molecule has 0 saturated carbocycles. The summed E-state index contributed by atoms with van der Waals surface area (Å²) in [5.74, 6) is -0.893. The first kappa shape index (κ1) is 28.5. The van der Waals surface area contributed by atoms with Crippen LogP contribution in [-0.2, 0) is 15.0 Å². The zero-order valence-electron chi connectivity index (χ0n) is 25.5. The zero-order valence-corrected chi connectivity index (χ0v) is 25.5. The minimum absolute atomic E-state index is 0.125. The first-order chi connectivity index (χ1) is 20.5.